The van der Waals surface area contributed by atoms with E-state index in [9.17, 15) is 9.59 Å². The van der Waals surface area contributed by atoms with Gasteiger partial charge >= 0.3 is 11.9 Å². The number of imidazole rings is 1. The Morgan fingerprint density at radius 1 is 0.953 bits per heavy atom. The fourth-order valence-corrected chi connectivity index (χ4v) is 4.71. The monoisotopic (exact) mass is 609 g/mol. The number of aromatic nitrogens is 4. The van der Waals surface area contributed by atoms with E-state index in [-0.39, 0.29) is 31.5 Å². The highest BCUT2D eigenvalue weighted by molar-refractivity contribution is 6.28. The van der Waals surface area contributed by atoms with Gasteiger partial charge in [0.25, 0.3) is 5.60 Å². The highest BCUT2D eigenvalue weighted by atomic mass is 35.5. The molecule has 4 aromatic rings. The number of rotatable bonds is 16. The van der Waals surface area contributed by atoms with Crippen molar-refractivity contribution in [2.75, 3.05) is 32.2 Å². The van der Waals surface area contributed by atoms with Crippen LogP contribution in [0.25, 0.3) is 11.2 Å². The highest BCUT2D eigenvalue weighted by Gasteiger charge is 2.51. The number of benzene rings is 2. The summed E-state index contributed by atoms with van der Waals surface area (Å²) in [6.07, 6.45) is 1.56. The minimum Gasteiger partial charge on any atom is -0.463 e. The summed E-state index contributed by atoms with van der Waals surface area (Å²) in [5.74, 6) is -1.09. The smallest absolute Gasteiger partial charge is 0.350 e. The number of nitrogens with one attached hydrogen (secondary N) is 1. The second-order valence-electron chi connectivity index (χ2n) is 9.68. The Morgan fingerprint density at radius 3 is 2.19 bits per heavy atom. The summed E-state index contributed by atoms with van der Waals surface area (Å²) in [4.78, 5) is 39.7. The number of carbonyl (C=O) groups excluding carboxylic acids is 2. The van der Waals surface area contributed by atoms with E-state index in [4.69, 9.17) is 30.5 Å². The molecule has 0 aliphatic heterocycles. The first-order valence-electron chi connectivity index (χ1n) is 14.1. The first-order chi connectivity index (χ1) is 20.9. The van der Waals surface area contributed by atoms with Crippen LogP contribution in [-0.4, -0.2) is 70.1 Å². The molecule has 0 fully saturated rings. The van der Waals surface area contributed by atoms with Crippen molar-refractivity contribution < 1.29 is 28.5 Å². The molecule has 2 aromatic heterocycles. The molecule has 2 heterocycles. The molecule has 0 aliphatic rings. The molecule has 0 aliphatic carbocycles. The van der Waals surface area contributed by atoms with E-state index in [1.165, 1.54) is 7.11 Å². The number of carbonyl (C=O) groups is 2. The van der Waals surface area contributed by atoms with Gasteiger partial charge in [-0.15, -0.1) is 0 Å². The van der Waals surface area contributed by atoms with Crippen LogP contribution in [-0.2, 0) is 48.0 Å². The zero-order valence-corrected chi connectivity index (χ0v) is 25.3. The Bertz CT molecular complexity index is 1470. The maximum Gasteiger partial charge on any atom is 0.350 e. The van der Waals surface area contributed by atoms with Crippen LogP contribution >= 0.6 is 11.6 Å². The van der Waals surface area contributed by atoms with Gasteiger partial charge in [-0.25, -0.2) is 14.6 Å². The molecule has 4 rings (SSSR count). The second kappa shape index (κ2) is 15.4. The topological polar surface area (TPSA) is 127 Å². The van der Waals surface area contributed by atoms with Gasteiger partial charge in [0.05, 0.1) is 32.3 Å². The molecule has 0 saturated heterocycles. The molecule has 11 nitrogen and oxygen atoms in total. The van der Waals surface area contributed by atoms with Crippen molar-refractivity contribution in [1.82, 2.24) is 19.5 Å². The minimum atomic E-state index is -1.99. The van der Waals surface area contributed by atoms with Crippen molar-refractivity contribution in [2.24, 2.45) is 0 Å². The van der Waals surface area contributed by atoms with Crippen LogP contribution < -0.4 is 5.32 Å². The van der Waals surface area contributed by atoms with E-state index in [1.807, 2.05) is 65.2 Å². The van der Waals surface area contributed by atoms with Crippen molar-refractivity contribution in [3.05, 3.63) is 83.4 Å². The van der Waals surface area contributed by atoms with E-state index in [0.717, 1.165) is 11.1 Å². The van der Waals surface area contributed by atoms with Crippen molar-refractivity contribution >= 4 is 40.5 Å². The lowest BCUT2D eigenvalue weighted by Gasteiger charge is -2.31. The zero-order chi connectivity index (χ0) is 30.7. The van der Waals surface area contributed by atoms with Crippen LogP contribution in [0.4, 0.5) is 5.82 Å². The van der Waals surface area contributed by atoms with Gasteiger partial charge in [0.15, 0.2) is 17.0 Å². The van der Waals surface area contributed by atoms with Crippen LogP contribution in [0.1, 0.15) is 31.4 Å². The van der Waals surface area contributed by atoms with E-state index in [1.54, 1.807) is 20.2 Å². The summed E-state index contributed by atoms with van der Waals surface area (Å²) in [7, 11) is 1.54. The SMILES string of the molecule is CCOC(=O)C(Cc1ccccc1)(OCC(CCn1cnc2c(NCc3ccccc3)nc(Cl)nc21)OC)C(=O)OCC. The molecule has 2 aromatic carbocycles. The predicted octanol–water partition coefficient (Wildman–Crippen LogP) is 4.62. The molecule has 0 spiro atoms. The number of nitrogens with zero attached hydrogens (tertiary/aromatic N) is 4. The lowest BCUT2D eigenvalue weighted by molar-refractivity contribution is -0.194. The normalized spacial score (nSPS) is 12.2. The molecule has 1 atom stereocenters. The van der Waals surface area contributed by atoms with Crippen LogP contribution in [0.2, 0.25) is 5.28 Å². The number of esters is 2. The van der Waals surface area contributed by atoms with E-state index < -0.39 is 23.6 Å². The summed E-state index contributed by atoms with van der Waals surface area (Å²) in [6, 6.07) is 19.0. The van der Waals surface area contributed by atoms with Gasteiger partial charge in [0.1, 0.15) is 0 Å². The third-order valence-electron chi connectivity index (χ3n) is 6.79. The Kier molecular flexibility index (Phi) is 11.4. The van der Waals surface area contributed by atoms with E-state index >= 15 is 0 Å². The molecule has 1 unspecified atom stereocenters. The Balaban J connectivity index is 1.50. The van der Waals surface area contributed by atoms with E-state index in [2.05, 4.69) is 20.3 Å². The molecule has 228 valence electrons. The highest BCUT2D eigenvalue weighted by Crippen LogP contribution is 2.25. The van der Waals surface area contributed by atoms with Crippen molar-refractivity contribution in [1.29, 1.82) is 0 Å². The third-order valence-corrected chi connectivity index (χ3v) is 6.96. The Morgan fingerprint density at radius 2 is 1.58 bits per heavy atom. The van der Waals surface area contributed by atoms with Crippen LogP contribution in [0.15, 0.2) is 67.0 Å². The van der Waals surface area contributed by atoms with Gasteiger partial charge in [-0.1, -0.05) is 60.7 Å². The molecule has 0 bridgehead atoms. The van der Waals surface area contributed by atoms with Crippen LogP contribution in [0.5, 0.6) is 0 Å². The molecule has 0 saturated carbocycles. The Labute approximate surface area is 255 Å². The number of fused-ring (bicyclic) bond motifs is 1. The maximum absolute atomic E-state index is 13.3. The second-order valence-corrected chi connectivity index (χ2v) is 10.0. The standard InChI is InChI=1S/C31H36ClN5O6/c1-4-41-28(38)31(29(39)42-5-2,18-22-12-8-6-9-13-22)43-20-24(40-3)16-17-37-21-34-25-26(35-30(32)36-27(25)37)33-19-23-14-10-7-11-15-23/h6-15,21,24H,4-5,16-20H2,1-3H3,(H,33,35,36). The minimum absolute atomic E-state index is 0.0533. The molecule has 1 N–H and O–H groups in total. The van der Waals surface area contributed by atoms with Gasteiger partial charge in [-0.2, -0.15) is 9.97 Å². The number of hydrogen-bond donors (Lipinski definition) is 1. The van der Waals surface area contributed by atoms with Crippen LogP contribution in [0.3, 0.4) is 0 Å². The number of anilines is 1. The third kappa shape index (κ3) is 8.07. The summed E-state index contributed by atoms with van der Waals surface area (Å²) < 4.78 is 24.3. The lowest BCUT2D eigenvalue weighted by atomic mass is 9.94. The summed E-state index contributed by atoms with van der Waals surface area (Å²) in [5.41, 5.74) is 0.948. The van der Waals surface area contributed by atoms with E-state index in [0.29, 0.717) is 36.5 Å². The number of halogens is 1. The molecule has 0 radical (unpaired) electrons. The molecular formula is C31H36ClN5O6. The number of aryl methyl sites for hydroxylation is 1. The summed E-state index contributed by atoms with van der Waals surface area (Å²) >= 11 is 6.27. The fraction of sp³-hybridized carbons (Fsp3) is 0.387. The largest absolute Gasteiger partial charge is 0.463 e. The molecule has 0 amide bonds. The molecule has 43 heavy (non-hydrogen) atoms. The van der Waals surface area contributed by atoms with Gasteiger partial charge in [-0.3, -0.25) is 0 Å². The maximum atomic E-state index is 13.3. The van der Waals surface area contributed by atoms with Crippen LogP contribution in [0, 0.1) is 0 Å². The van der Waals surface area contributed by atoms with Gasteiger partial charge < -0.3 is 28.8 Å². The first-order valence-corrected chi connectivity index (χ1v) is 14.5. The van der Waals surface area contributed by atoms with Gasteiger partial charge in [0, 0.05) is 26.6 Å². The fourth-order valence-electron chi connectivity index (χ4n) is 4.55. The number of methoxy groups -OCH3 is 1. The average molecular weight is 610 g/mol. The lowest BCUT2D eigenvalue weighted by Crippen LogP contribution is -2.54. The van der Waals surface area contributed by atoms with Gasteiger partial charge in [-0.05, 0) is 43.0 Å². The number of ether oxygens (including phenoxy) is 4. The quantitative estimate of drug-likeness (QED) is 0.109. The van der Waals surface area contributed by atoms with Gasteiger partial charge in [0.2, 0.25) is 5.28 Å². The average Bonchev–Trinajstić information content (AvgIpc) is 3.43. The molecular weight excluding hydrogens is 574 g/mol. The van der Waals surface area contributed by atoms with Crippen molar-refractivity contribution in [2.45, 2.75) is 51.5 Å². The molecule has 12 heteroatoms. The first kappa shape index (κ1) is 31.9. The Hall–Kier alpha value is -4.06. The summed E-state index contributed by atoms with van der Waals surface area (Å²) in [6.45, 7) is 4.40. The predicted molar refractivity (Wildman–Crippen MR) is 162 cm³/mol. The van der Waals surface area contributed by atoms with Crippen molar-refractivity contribution in [3.63, 3.8) is 0 Å². The zero-order valence-electron chi connectivity index (χ0n) is 24.5. The summed E-state index contributed by atoms with van der Waals surface area (Å²) in [5, 5.41) is 3.38. The van der Waals surface area contributed by atoms with Crippen molar-refractivity contribution in [3.8, 4) is 0 Å². The number of hydrogen-bond acceptors (Lipinski definition) is 10.